The summed E-state index contributed by atoms with van der Waals surface area (Å²) < 4.78 is 5.35. The predicted molar refractivity (Wildman–Crippen MR) is 74.5 cm³/mol. The van der Waals surface area contributed by atoms with Crippen molar-refractivity contribution >= 4 is 6.09 Å². The largest absolute Gasteiger partial charge is 0.445 e. The molecule has 0 unspecified atom stereocenters. The molecule has 0 radical (unpaired) electrons. The normalized spacial score (nSPS) is 23.2. The summed E-state index contributed by atoms with van der Waals surface area (Å²) in [7, 11) is 0. The van der Waals surface area contributed by atoms with E-state index in [9.17, 15) is 4.79 Å². The number of hydrogen-bond acceptors (Lipinski definition) is 3. The third kappa shape index (κ3) is 3.96. The smallest absolute Gasteiger partial charge is 0.410 e. The fourth-order valence-electron chi connectivity index (χ4n) is 2.61. The summed E-state index contributed by atoms with van der Waals surface area (Å²) in [6, 6.07) is 9.74. The van der Waals surface area contributed by atoms with Crippen LogP contribution in [0.3, 0.4) is 0 Å². The average molecular weight is 262 g/mol. The molecule has 1 aromatic carbocycles. The second-order valence-corrected chi connectivity index (χ2v) is 5.39. The minimum Gasteiger partial charge on any atom is -0.445 e. The van der Waals surface area contributed by atoms with Gasteiger partial charge in [0.05, 0.1) is 0 Å². The van der Waals surface area contributed by atoms with Crippen LogP contribution in [0.25, 0.3) is 0 Å². The van der Waals surface area contributed by atoms with Crippen LogP contribution in [0.2, 0.25) is 0 Å². The molecule has 2 rings (SSSR count). The van der Waals surface area contributed by atoms with Gasteiger partial charge >= 0.3 is 6.09 Å². The number of carbonyl (C=O) groups excluding carboxylic acids is 1. The van der Waals surface area contributed by atoms with E-state index in [2.05, 4.69) is 6.92 Å². The fourth-order valence-corrected chi connectivity index (χ4v) is 2.61. The SMILES string of the molecule is C[C@H]1C[C@H](CN)CN(C(=O)OCc2ccccc2)C1. The lowest BCUT2D eigenvalue weighted by atomic mass is 9.91. The second-order valence-electron chi connectivity index (χ2n) is 5.39. The maximum absolute atomic E-state index is 12.0. The summed E-state index contributed by atoms with van der Waals surface area (Å²) in [5.41, 5.74) is 6.72. The monoisotopic (exact) mass is 262 g/mol. The summed E-state index contributed by atoms with van der Waals surface area (Å²) in [5, 5.41) is 0. The lowest BCUT2D eigenvalue weighted by molar-refractivity contribution is 0.0683. The number of rotatable bonds is 3. The van der Waals surface area contributed by atoms with Gasteiger partial charge in [0, 0.05) is 13.1 Å². The van der Waals surface area contributed by atoms with E-state index >= 15 is 0 Å². The van der Waals surface area contributed by atoms with Crippen molar-refractivity contribution in [3.63, 3.8) is 0 Å². The van der Waals surface area contributed by atoms with Crippen LogP contribution < -0.4 is 5.73 Å². The van der Waals surface area contributed by atoms with Gasteiger partial charge in [0.2, 0.25) is 0 Å². The Morgan fingerprint density at radius 3 is 2.79 bits per heavy atom. The first-order valence-electron chi connectivity index (χ1n) is 6.84. The van der Waals surface area contributed by atoms with Crippen molar-refractivity contribution in [3.8, 4) is 0 Å². The summed E-state index contributed by atoms with van der Waals surface area (Å²) in [6.45, 7) is 4.60. The van der Waals surface area contributed by atoms with E-state index in [0.29, 0.717) is 31.5 Å². The van der Waals surface area contributed by atoms with E-state index < -0.39 is 0 Å². The topological polar surface area (TPSA) is 55.6 Å². The van der Waals surface area contributed by atoms with Crippen LogP contribution in [0, 0.1) is 11.8 Å². The van der Waals surface area contributed by atoms with Crippen molar-refractivity contribution in [3.05, 3.63) is 35.9 Å². The minimum atomic E-state index is -0.228. The Hall–Kier alpha value is -1.55. The van der Waals surface area contributed by atoms with Gasteiger partial charge < -0.3 is 15.4 Å². The van der Waals surface area contributed by atoms with E-state index in [1.54, 1.807) is 4.90 Å². The van der Waals surface area contributed by atoms with Crippen LogP contribution in [-0.4, -0.2) is 30.6 Å². The molecule has 19 heavy (non-hydrogen) atoms. The van der Waals surface area contributed by atoms with Gasteiger partial charge in [-0.25, -0.2) is 4.79 Å². The predicted octanol–water partition coefficient (Wildman–Crippen LogP) is 2.24. The Labute approximate surface area is 114 Å². The fraction of sp³-hybridized carbons (Fsp3) is 0.533. The number of hydrogen-bond donors (Lipinski definition) is 1. The highest BCUT2D eigenvalue weighted by Gasteiger charge is 2.27. The highest BCUT2D eigenvalue weighted by atomic mass is 16.6. The van der Waals surface area contributed by atoms with Crippen molar-refractivity contribution in [1.29, 1.82) is 0 Å². The molecule has 2 atom stereocenters. The first kappa shape index (κ1) is 13.9. The van der Waals surface area contributed by atoms with Crippen LogP contribution in [0.4, 0.5) is 4.79 Å². The van der Waals surface area contributed by atoms with Gasteiger partial charge in [-0.15, -0.1) is 0 Å². The van der Waals surface area contributed by atoms with Gasteiger partial charge in [0.15, 0.2) is 0 Å². The molecule has 104 valence electrons. The number of likely N-dealkylation sites (tertiary alicyclic amines) is 1. The number of piperidine rings is 1. The van der Waals surface area contributed by atoms with Crippen LogP contribution in [0.5, 0.6) is 0 Å². The van der Waals surface area contributed by atoms with Gasteiger partial charge in [-0.2, -0.15) is 0 Å². The van der Waals surface area contributed by atoms with Gasteiger partial charge in [-0.05, 0) is 30.4 Å². The molecule has 1 heterocycles. The van der Waals surface area contributed by atoms with Gasteiger partial charge in [0.1, 0.15) is 6.61 Å². The van der Waals surface area contributed by atoms with E-state index in [1.807, 2.05) is 30.3 Å². The third-order valence-electron chi connectivity index (χ3n) is 3.54. The number of nitrogens with zero attached hydrogens (tertiary/aromatic N) is 1. The maximum atomic E-state index is 12.0. The second kappa shape index (κ2) is 6.57. The molecule has 1 aliphatic rings. The third-order valence-corrected chi connectivity index (χ3v) is 3.54. The Balaban J connectivity index is 1.85. The quantitative estimate of drug-likeness (QED) is 0.909. The van der Waals surface area contributed by atoms with Crippen LogP contribution in [-0.2, 0) is 11.3 Å². The molecule has 2 N–H and O–H groups in total. The summed E-state index contributed by atoms with van der Waals surface area (Å²) in [6.07, 6.45) is 0.868. The first-order valence-corrected chi connectivity index (χ1v) is 6.84. The Kier molecular flexibility index (Phi) is 4.80. The minimum absolute atomic E-state index is 0.228. The van der Waals surface area contributed by atoms with E-state index in [4.69, 9.17) is 10.5 Å². The summed E-state index contributed by atoms with van der Waals surface area (Å²) in [4.78, 5) is 13.8. The highest BCUT2D eigenvalue weighted by molar-refractivity contribution is 5.67. The molecule has 0 saturated carbocycles. The lowest BCUT2D eigenvalue weighted by Gasteiger charge is -2.35. The zero-order chi connectivity index (χ0) is 13.7. The lowest BCUT2D eigenvalue weighted by Crippen LogP contribution is -2.45. The standard InChI is InChI=1S/C15H22N2O2/c1-12-7-14(8-16)10-17(9-12)15(18)19-11-13-5-3-2-4-6-13/h2-6,12,14H,7-11,16H2,1H3/t12-,14+/m0/s1. The molecule has 1 aromatic rings. The molecule has 1 aliphatic heterocycles. The Bertz CT molecular complexity index is 408. The van der Waals surface area contributed by atoms with E-state index in [1.165, 1.54) is 0 Å². The molecule has 4 heteroatoms. The first-order chi connectivity index (χ1) is 9.19. The van der Waals surface area contributed by atoms with Crippen molar-refractivity contribution in [1.82, 2.24) is 4.90 Å². The number of benzene rings is 1. The molecule has 1 fully saturated rings. The number of nitrogens with two attached hydrogens (primary N) is 1. The number of carbonyl (C=O) groups is 1. The summed E-state index contributed by atoms with van der Waals surface area (Å²) >= 11 is 0. The van der Waals surface area contributed by atoms with Crippen molar-refractivity contribution in [2.24, 2.45) is 17.6 Å². The van der Waals surface area contributed by atoms with Crippen molar-refractivity contribution in [2.45, 2.75) is 20.0 Å². The van der Waals surface area contributed by atoms with Crippen molar-refractivity contribution < 1.29 is 9.53 Å². The molecule has 0 spiro atoms. The number of amides is 1. The van der Waals surface area contributed by atoms with E-state index in [-0.39, 0.29) is 6.09 Å². The Morgan fingerprint density at radius 2 is 2.11 bits per heavy atom. The summed E-state index contributed by atoms with van der Waals surface area (Å²) in [5.74, 6) is 0.889. The average Bonchev–Trinajstić information content (AvgIpc) is 2.45. The molecule has 0 aromatic heterocycles. The molecular weight excluding hydrogens is 240 g/mol. The van der Waals surface area contributed by atoms with Crippen LogP contribution in [0.1, 0.15) is 18.9 Å². The Morgan fingerprint density at radius 1 is 1.37 bits per heavy atom. The van der Waals surface area contributed by atoms with Crippen LogP contribution >= 0.6 is 0 Å². The van der Waals surface area contributed by atoms with Crippen molar-refractivity contribution in [2.75, 3.05) is 19.6 Å². The van der Waals surface area contributed by atoms with Gasteiger partial charge in [-0.3, -0.25) is 0 Å². The van der Waals surface area contributed by atoms with E-state index in [0.717, 1.165) is 18.5 Å². The highest BCUT2D eigenvalue weighted by Crippen LogP contribution is 2.21. The zero-order valence-electron chi connectivity index (χ0n) is 11.4. The molecule has 0 bridgehead atoms. The zero-order valence-corrected chi connectivity index (χ0v) is 11.4. The van der Waals surface area contributed by atoms with Gasteiger partial charge in [0.25, 0.3) is 0 Å². The molecule has 1 amide bonds. The number of ether oxygens (including phenoxy) is 1. The maximum Gasteiger partial charge on any atom is 0.410 e. The molecule has 0 aliphatic carbocycles. The van der Waals surface area contributed by atoms with Gasteiger partial charge in [-0.1, -0.05) is 37.3 Å². The molecular formula is C15H22N2O2. The van der Waals surface area contributed by atoms with Crippen LogP contribution in [0.15, 0.2) is 30.3 Å². The molecule has 4 nitrogen and oxygen atoms in total. The molecule has 1 saturated heterocycles.